The second kappa shape index (κ2) is 7.46. The predicted octanol–water partition coefficient (Wildman–Crippen LogP) is 3.31. The summed E-state index contributed by atoms with van der Waals surface area (Å²) in [5.41, 5.74) is 7.76. The first-order chi connectivity index (χ1) is 14.2. The molecule has 0 spiro atoms. The van der Waals surface area contributed by atoms with Gasteiger partial charge in [0.05, 0.1) is 30.6 Å². The number of fused-ring (bicyclic) bond motifs is 3. The Morgan fingerprint density at radius 2 is 1.90 bits per heavy atom. The van der Waals surface area contributed by atoms with Gasteiger partial charge in [0.2, 0.25) is 5.91 Å². The van der Waals surface area contributed by atoms with Crippen molar-refractivity contribution in [2.75, 3.05) is 31.6 Å². The summed E-state index contributed by atoms with van der Waals surface area (Å²) >= 11 is 0. The predicted molar refractivity (Wildman–Crippen MR) is 113 cm³/mol. The van der Waals surface area contributed by atoms with Crippen LogP contribution in [0.5, 0.6) is 0 Å². The van der Waals surface area contributed by atoms with Gasteiger partial charge in [-0.15, -0.1) is 0 Å². The van der Waals surface area contributed by atoms with Crippen molar-refractivity contribution in [3.63, 3.8) is 0 Å². The molecule has 1 aromatic heterocycles. The van der Waals surface area contributed by atoms with Crippen LogP contribution in [0.1, 0.15) is 18.1 Å². The second-order valence-corrected chi connectivity index (χ2v) is 7.65. The molecule has 1 unspecified atom stereocenters. The molecule has 1 aliphatic heterocycles. The lowest BCUT2D eigenvalue weighted by Gasteiger charge is -2.31. The van der Waals surface area contributed by atoms with E-state index in [0.717, 1.165) is 42.1 Å². The van der Waals surface area contributed by atoms with Crippen molar-refractivity contribution in [1.29, 1.82) is 0 Å². The zero-order valence-corrected chi connectivity index (χ0v) is 16.4. The van der Waals surface area contributed by atoms with E-state index in [2.05, 4.69) is 44.7 Å². The van der Waals surface area contributed by atoms with Crippen LogP contribution in [0.4, 0.5) is 5.69 Å². The average Bonchev–Trinajstić information content (AvgIpc) is 3.34. The molecular weight excluding hydrogens is 364 g/mol. The van der Waals surface area contributed by atoms with Crippen LogP contribution < -0.4 is 5.32 Å². The van der Waals surface area contributed by atoms with Crippen LogP contribution in [-0.2, 0) is 16.0 Å². The minimum atomic E-state index is -0.174. The number of rotatable bonds is 4. The molecule has 1 saturated heterocycles. The Morgan fingerprint density at radius 3 is 2.69 bits per heavy atom. The van der Waals surface area contributed by atoms with Crippen LogP contribution in [0.15, 0.2) is 48.5 Å². The topological polar surface area (TPSA) is 70.2 Å². The lowest BCUT2D eigenvalue weighted by atomic mass is 10.1. The number of nitrogens with zero attached hydrogens (tertiary/aromatic N) is 2. The Labute approximate surface area is 169 Å². The van der Waals surface area contributed by atoms with E-state index in [9.17, 15) is 4.79 Å². The van der Waals surface area contributed by atoms with Crippen LogP contribution in [0, 0.1) is 0 Å². The molecule has 0 bridgehead atoms. The summed E-state index contributed by atoms with van der Waals surface area (Å²) in [7, 11) is 0. The molecule has 0 radical (unpaired) electrons. The highest BCUT2D eigenvalue weighted by molar-refractivity contribution is 5.94. The molecule has 1 aliphatic carbocycles. The first-order valence-corrected chi connectivity index (χ1v) is 10.1. The molecule has 2 aromatic carbocycles. The van der Waals surface area contributed by atoms with Gasteiger partial charge in [0.25, 0.3) is 0 Å². The number of aromatic nitrogens is 2. The van der Waals surface area contributed by atoms with Gasteiger partial charge in [-0.05, 0) is 24.6 Å². The summed E-state index contributed by atoms with van der Waals surface area (Å²) in [5, 5.41) is 10.8. The van der Waals surface area contributed by atoms with Crippen LogP contribution in [-0.4, -0.2) is 53.3 Å². The van der Waals surface area contributed by atoms with E-state index in [1.165, 1.54) is 16.7 Å². The zero-order valence-electron chi connectivity index (χ0n) is 16.4. The van der Waals surface area contributed by atoms with E-state index >= 15 is 0 Å². The second-order valence-electron chi connectivity index (χ2n) is 7.65. The standard InChI is InChI=1S/C23H24N4O2/c1-15(27-10-12-29-13-11-27)23(28)24-18-8-6-16(7-9-18)21-20-14-17-4-2-3-5-19(17)22(20)26-25-21/h2-9,15H,10-14H2,1H3,(H,24,28)(H,25,26). The third-order valence-corrected chi connectivity index (χ3v) is 5.92. The van der Waals surface area contributed by atoms with Crippen molar-refractivity contribution in [2.24, 2.45) is 0 Å². The smallest absolute Gasteiger partial charge is 0.241 e. The minimum Gasteiger partial charge on any atom is -0.379 e. The van der Waals surface area contributed by atoms with Gasteiger partial charge in [-0.2, -0.15) is 5.10 Å². The summed E-state index contributed by atoms with van der Waals surface area (Å²) in [6.07, 6.45) is 0.896. The molecular formula is C23H24N4O2. The molecule has 0 saturated carbocycles. The summed E-state index contributed by atoms with van der Waals surface area (Å²) in [6.45, 7) is 4.90. The van der Waals surface area contributed by atoms with E-state index in [0.29, 0.717) is 13.2 Å². The molecule has 2 N–H and O–H groups in total. The maximum absolute atomic E-state index is 12.6. The Hall–Kier alpha value is -2.96. The highest BCUT2D eigenvalue weighted by Crippen LogP contribution is 2.39. The minimum absolute atomic E-state index is 0.00996. The summed E-state index contributed by atoms with van der Waals surface area (Å²) in [6, 6.07) is 16.2. The van der Waals surface area contributed by atoms with Crippen LogP contribution >= 0.6 is 0 Å². The number of carbonyl (C=O) groups is 1. The molecule has 29 heavy (non-hydrogen) atoms. The number of aromatic amines is 1. The number of hydrogen-bond donors (Lipinski definition) is 2. The van der Waals surface area contributed by atoms with Gasteiger partial charge in [-0.1, -0.05) is 36.4 Å². The third kappa shape index (κ3) is 3.34. The maximum Gasteiger partial charge on any atom is 0.241 e. The van der Waals surface area contributed by atoms with E-state index < -0.39 is 0 Å². The van der Waals surface area contributed by atoms with Gasteiger partial charge < -0.3 is 10.1 Å². The highest BCUT2D eigenvalue weighted by atomic mass is 16.5. The number of benzene rings is 2. The van der Waals surface area contributed by atoms with Gasteiger partial charge in [0.15, 0.2) is 0 Å². The number of amides is 1. The van der Waals surface area contributed by atoms with Crippen molar-refractivity contribution < 1.29 is 9.53 Å². The number of hydrogen-bond acceptors (Lipinski definition) is 4. The van der Waals surface area contributed by atoms with E-state index in [1.807, 2.05) is 31.2 Å². The van der Waals surface area contributed by atoms with Gasteiger partial charge in [-0.25, -0.2) is 0 Å². The van der Waals surface area contributed by atoms with Crippen molar-refractivity contribution in [1.82, 2.24) is 15.1 Å². The van der Waals surface area contributed by atoms with Crippen molar-refractivity contribution in [3.05, 3.63) is 59.7 Å². The molecule has 2 heterocycles. The monoisotopic (exact) mass is 388 g/mol. The number of nitrogens with one attached hydrogen (secondary N) is 2. The summed E-state index contributed by atoms with van der Waals surface area (Å²) in [4.78, 5) is 14.7. The lowest BCUT2D eigenvalue weighted by molar-refractivity contribution is -0.122. The van der Waals surface area contributed by atoms with Crippen molar-refractivity contribution in [2.45, 2.75) is 19.4 Å². The normalized spacial score (nSPS) is 16.9. The van der Waals surface area contributed by atoms with Gasteiger partial charge >= 0.3 is 0 Å². The number of anilines is 1. The average molecular weight is 388 g/mol. The first-order valence-electron chi connectivity index (χ1n) is 10.1. The zero-order chi connectivity index (χ0) is 19.8. The Balaban J connectivity index is 1.30. The van der Waals surface area contributed by atoms with Crippen LogP contribution in [0.25, 0.3) is 22.5 Å². The maximum atomic E-state index is 12.6. The van der Waals surface area contributed by atoms with Crippen molar-refractivity contribution >= 4 is 11.6 Å². The summed E-state index contributed by atoms with van der Waals surface area (Å²) in [5.74, 6) is 0.00996. The van der Waals surface area contributed by atoms with Crippen molar-refractivity contribution in [3.8, 4) is 22.5 Å². The molecule has 1 amide bonds. The molecule has 2 aliphatic rings. The fraction of sp³-hybridized carbons (Fsp3) is 0.304. The summed E-state index contributed by atoms with van der Waals surface area (Å²) < 4.78 is 5.37. The van der Waals surface area contributed by atoms with E-state index in [4.69, 9.17) is 4.74 Å². The van der Waals surface area contributed by atoms with Crippen LogP contribution in [0.3, 0.4) is 0 Å². The molecule has 3 aromatic rings. The number of morpholine rings is 1. The molecule has 5 rings (SSSR count). The molecule has 6 heteroatoms. The Morgan fingerprint density at radius 1 is 1.14 bits per heavy atom. The number of ether oxygens (including phenoxy) is 1. The SMILES string of the molecule is CC(C(=O)Nc1ccc(-c2n[nH]c3c2Cc2ccccc2-3)cc1)N1CCOCC1. The van der Waals surface area contributed by atoms with Gasteiger partial charge in [-0.3, -0.25) is 14.8 Å². The van der Waals surface area contributed by atoms with Gasteiger partial charge in [0.1, 0.15) is 0 Å². The highest BCUT2D eigenvalue weighted by Gasteiger charge is 2.25. The fourth-order valence-electron chi connectivity index (χ4n) is 4.20. The van der Waals surface area contributed by atoms with E-state index in [1.54, 1.807) is 0 Å². The lowest BCUT2D eigenvalue weighted by Crippen LogP contribution is -2.47. The molecule has 148 valence electrons. The number of carbonyl (C=O) groups excluding carboxylic acids is 1. The fourth-order valence-corrected chi connectivity index (χ4v) is 4.20. The Bertz CT molecular complexity index is 1040. The molecule has 6 nitrogen and oxygen atoms in total. The largest absolute Gasteiger partial charge is 0.379 e. The Kier molecular flexibility index (Phi) is 4.66. The third-order valence-electron chi connectivity index (χ3n) is 5.92. The van der Waals surface area contributed by atoms with Gasteiger partial charge in [0, 0.05) is 41.9 Å². The quantitative estimate of drug-likeness (QED) is 0.563. The van der Waals surface area contributed by atoms with Crippen LogP contribution in [0.2, 0.25) is 0 Å². The first kappa shape index (κ1) is 18.1. The molecule has 1 atom stereocenters. The van der Waals surface area contributed by atoms with E-state index in [-0.39, 0.29) is 11.9 Å². The molecule has 1 fully saturated rings. The number of H-pyrrole nitrogens is 1.